The van der Waals surface area contributed by atoms with E-state index in [9.17, 15) is 5.11 Å². The number of allylic oxidation sites excluding steroid dienone is 4. The molecule has 20 heavy (non-hydrogen) atoms. The summed E-state index contributed by atoms with van der Waals surface area (Å²) in [5, 5.41) is 15.0. The van der Waals surface area contributed by atoms with Crippen LogP contribution in [0.2, 0.25) is 0 Å². The van der Waals surface area contributed by atoms with Gasteiger partial charge in [0.1, 0.15) is 5.60 Å². The SMILES string of the molecule is OC(C1=CCC=CC=C1)(c1ccccc1)C1CCCN1. The zero-order valence-corrected chi connectivity index (χ0v) is 11.6. The minimum Gasteiger partial charge on any atom is -0.379 e. The van der Waals surface area contributed by atoms with Crippen LogP contribution in [0.1, 0.15) is 24.8 Å². The fraction of sp³-hybridized carbons (Fsp3) is 0.333. The van der Waals surface area contributed by atoms with Crippen molar-refractivity contribution in [3.8, 4) is 0 Å². The van der Waals surface area contributed by atoms with Crippen molar-refractivity contribution >= 4 is 0 Å². The summed E-state index contributed by atoms with van der Waals surface area (Å²) in [4.78, 5) is 0. The summed E-state index contributed by atoms with van der Waals surface area (Å²) in [7, 11) is 0. The third-order valence-corrected chi connectivity index (χ3v) is 4.22. The van der Waals surface area contributed by atoms with E-state index in [0.29, 0.717) is 0 Å². The van der Waals surface area contributed by atoms with Crippen LogP contribution in [0.3, 0.4) is 0 Å². The average molecular weight is 267 g/mol. The predicted molar refractivity (Wildman–Crippen MR) is 82.3 cm³/mol. The van der Waals surface area contributed by atoms with Crippen LogP contribution in [0, 0.1) is 0 Å². The Morgan fingerprint density at radius 2 is 2.00 bits per heavy atom. The van der Waals surface area contributed by atoms with Gasteiger partial charge in [-0.25, -0.2) is 0 Å². The van der Waals surface area contributed by atoms with Crippen molar-refractivity contribution in [1.29, 1.82) is 0 Å². The number of nitrogens with one attached hydrogen (secondary N) is 1. The molecule has 104 valence electrons. The maximum absolute atomic E-state index is 11.5. The summed E-state index contributed by atoms with van der Waals surface area (Å²) in [5.41, 5.74) is 1.02. The second-order valence-electron chi connectivity index (χ2n) is 5.46. The van der Waals surface area contributed by atoms with Crippen LogP contribution in [-0.2, 0) is 5.60 Å². The maximum Gasteiger partial charge on any atom is 0.130 e. The standard InChI is InChI=1S/C18H21NO/c20-18(17-13-8-14-19-17,16-11-6-3-7-12-16)15-9-4-1-2-5-10-15/h1-4,6-7,9-12,17,19-20H,5,8,13-14H2. The Morgan fingerprint density at radius 1 is 1.15 bits per heavy atom. The summed E-state index contributed by atoms with van der Waals surface area (Å²) < 4.78 is 0. The molecule has 2 N–H and O–H groups in total. The van der Waals surface area contributed by atoms with E-state index in [2.05, 4.69) is 17.5 Å². The van der Waals surface area contributed by atoms with Crippen LogP contribution >= 0.6 is 0 Å². The molecular formula is C18H21NO. The number of hydrogen-bond donors (Lipinski definition) is 2. The van der Waals surface area contributed by atoms with Crippen molar-refractivity contribution in [2.45, 2.75) is 30.9 Å². The van der Waals surface area contributed by atoms with Gasteiger partial charge in [0.15, 0.2) is 0 Å². The molecule has 1 heterocycles. The monoisotopic (exact) mass is 267 g/mol. The summed E-state index contributed by atoms with van der Waals surface area (Å²) in [6.45, 7) is 0.981. The highest BCUT2D eigenvalue weighted by Crippen LogP contribution is 2.38. The van der Waals surface area contributed by atoms with Gasteiger partial charge in [-0.15, -0.1) is 0 Å². The number of aliphatic hydroxyl groups is 1. The number of rotatable bonds is 3. The van der Waals surface area contributed by atoms with Crippen molar-refractivity contribution < 1.29 is 5.11 Å². The third kappa shape index (κ3) is 2.37. The lowest BCUT2D eigenvalue weighted by molar-refractivity contribution is 0.0433. The van der Waals surface area contributed by atoms with Crippen molar-refractivity contribution in [1.82, 2.24) is 5.32 Å². The Morgan fingerprint density at radius 3 is 2.75 bits per heavy atom. The molecule has 2 aliphatic rings. The Kier molecular flexibility index (Phi) is 3.86. The molecule has 0 radical (unpaired) electrons. The van der Waals surface area contributed by atoms with Gasteiger partial charge in [0.05, 0.1) is 0 Å². The molecule has 1 aliphatic heterocycles. The second-order valence-corrected chi connectivity index (χ2v) is 5.46. The Labute approximate surface area is 120 Å². The molecule has 1 saturated heterocycles. The lowest BCUT2D eigenvalue weighted by Crippen LogP contribution is -2.46. The lowest BCUT2D eigenvalue weighted by atomic mass is 9.78. The topological polar surface area (TPSA) is 32.3 Å². The molecule has 0 bridgehead atoms. The molecule has 0 amide bonds. The molecule has 2 atom stereocenters. The van der Waals surface area contributed by atoms with Crippen LogP contribution in [0.15, 0.2) is 66.3 Å². The first-order valence-electron chi connectivity index (χ1n) is 7.37. The second kappa shape index (κ2) is 5.78. The molecule has 1 aliphatic carbocycles. The van der Waals surface area contributed by atoms with E-state index in [4.69, 9.17) is 0 Å². The van der Waals surface area contributed by atoms with Crippen molar-refractivity contribution in [3.05, 3.63) is 71.8 Å². The zero-order chi connectivity index (χ0) is 13.8. The smallest absolute Gasteiger partial charge is 0.130 e. The normalized spacial score (nSPS) is 25.1. The van der Waals surface area contributed by atoms with E-state index in [1.165, 1.54) is 0 Å². The molecule has 3 rings (SSSR count). The van der Waals surface area contributed by atoms with Crippen LogP contribution < -0.4 is 5.32 Å². The van der Waals surface area contributed by atoms with Crippen LogP contribution in [0.5, 0.6) is 0 Å². The molecule has 0 spiro atoms. The maximum atomic E-state index is 11.5. The molecule has 0 saturated carbocycles. The van der Waals surface area contributed by atoms with Gasteiger partial charge in [0.25, 0.3) is 0 Å². The third-order valence-electron chi connectivity index (χ3n) is 4.22. The summed E-state index contributed by atoms with van der Waals surface area (Å²) in [5.74, 6) is 0. The first-order chi connectivity index (χ1) is 9.82. The largest absolute Gasteiger partial charge is 0.379 e. The first kappa shape index (κ1) is 13.3. The molecule has 0 aromatic heterocycles. The summed E-state index contributed by atoms with van der Waals surface area (Å²) in [6, 6.07) is 10.1. The first-order valence-corrected chi connectivity index (χ1v) is 7.37. The molecule has 1 aromatic carbocycles. The van der Waals surface area contributed by atoms with E-state index < -0.39 is 5.60 Å². The van der Waals surface area contributed by atoms with Gasteiger partial charge in [-0.05, 0) is 36.9 Å². The fourth-order valence-corrected chi connectivity index (χ4v) is 3.16. The van der Waals surface area contributed by atoms with Gasteiger partial charge >= 0.3 is 0 Å². The lowest BCUT2D eigenvalue weighted by Gasteiger charge is -2.36. The highest BCUT2D eigenvalue weighted by atomic mass is 16.3. The van der Waals surface area contributed by atoms with E-state index >= 15 is 0 Å². The highest BCUT2D eigenvalue weighted by molar-refractivity contribution is 5.43. The number of hydrogen-bond acceptors (Lipinski definition) is 2. The van der Waals surface area contributed by atoms with Gasteiger partial charge in [-0.2, -0.15) is 0 Å². The van der Waals surface area contributed by atoms with E-state index in [1.54, 1.807) is 0 Å². The van der Waals surface area contributed by atoms with Gasteiger partial charge < -0.3 is 10.4 Å². The van der Waals surface area contributed by atoms with Crippen LogP contribution in [-0.4, -0.2) is 17.7 Å². The molecule has 2 unspecified atom stereocenters. The Hall–Kier alpha value is -1.64. The van der Waals surface area contributed by atoms with Gasteiger partial charge in [-0.3, -0.25) is 0 Å². The fourth-order valence-electron chi connectivity index (χ4n) is 3.16. The molecule has 2 nitrogen and oxygen atoms in total. The van der Waals surface area contributed by atoms with Gasteiger partial charge in [0, 0.05) is 6.04 Å². The highest BCUT2D eigenvalue weighted by Gasteiger charge is 2.42. The van der Waals surface area contributed by atoms with Crippen LogP contribution in [0.25, 0.3) is 0 Å². The predicted octanol–water partition coefficient (Wildman–Crippen LogP) is 3.07. The quantitative estimate of drug-likeness (QED) is 0.882. The van der Waals surface area contributed by atoms with E-state index in [0.717, 1.165) is 36.9 Å². The van der Waals surface area contributed by atoms with Crippen molar-refractivity contribution in [2.75, 3.05) is 6.54 Å². The van der Waals surface area contributed by atoms with Gasteiger partial charge in [0.2, 0.25) is 0 Å². The molecular weight excluding hydrogens is 246 g/mol. The summed E-state index contributed by atoms with van der Waals surface area (Å²) in [6.07, 6.45) is 13.3. The molecule has 2 heteroatoms. The zero-order valence-electron chi connectivity index (χ0n) is 11.6. The molecule has 1 aromatic rings. The van der Waals surface area contributed by atoms with Crippen LogP contribution in [0.4, 0.5) is 0 Å². The summed E-state index contributed by atoms with van der Waals surface area (Å²) >= 11 is 0. The van der Waals surface area contributed by atoms with Crippen molar-refractivity contribution in [2.24, 2.45) is 0 Å². The van der Waals surface area contributed by atoms with Crippen molar-refractivity contribution in [3.63, 3.8) is 0 Å². The minimum absolute atomic E-state index is 0.0823. The number of benzene rings is 1. The van der Waals surface area contributed by atoms with E-state index in [1.807, 2.05) is 48.6 Å². The molecule has 1 fully saturated rings. The van der Waals surface area contributed by atoms with Gasteiger partial charge in [-0.1, -0.05) is 60.7 Å². The minimum atomic E-state index is -0.944. The Balaban J connectivity index is 2.05. The Bertz CT molecular complexity index is 538. The van der Waals surface area contributed by atoms with E-state index in [-0.39, 0.29) is 6.04 Å². The average Bonchev–Trinajstić information content (AvgIpc) is 2.90.